The van der Waals surface area contributed by atoms with Crippen LogP contribution < -0.4 is 20.3 Å². The number of halogens is 1. The van der Waals surface area contributed by atoms with Crippen LogP contribution in [0.15, 0.2) is 36.4 Å². The van der Waals surface area contributed by atoms with Crippen molar-refractivity contribution in [1.29, 1.82) is 5.26 Å². The molecule has 0 saturated carbocycles. The second kappa shape index (κ2) is 14.3. The van der Waals surface area contributed by atoms with Gasteiger partial charge in [0.15, 0.2) is 0 Å². The smallest absolute Gasteiger partial charge is 0.323 e. The molecule has 2 N–H and O–H groups in total. The van der Waals surface area contributed by atoms with Crippen molar-refractivity contribution in [3.05, 3.63) is 52.7 Å². The molecule has 13 heteroatoms. The first-order valence-corrected chi connectivity index (χ1v) is 16.5. The summed E-state index contributed by atoms with van der Waals surface area (Å²) in [6.45, 7) is 4.10. The van der Waals surface area contributed by atoms with Crippen molar-refractivity contribution in [2.75, 3.05) is 63.3 Å². The molecule has 1 amide bonds. The minimum Gasteiger partial charge on any atom is -0.468 e. The maximum absolute atomic E-state index is 13.2. The summed E-state index contributed by atoms with van der Waals surface area (Å²) in [5.74, 6) is -0.138. The third-order valence-corrected chi connectivity index (χ3v) is 9.91. The van der Waals surface area contributed by atoms with Gasteiger partial charge in [-0.05, 0) is 50.4 Å². The number of esters is 1. The summed E-state index contributed by atoms with van der Waals surface area (Å²) in [5.41, 5.74) is 8.88. The summed E-state index contributed by atoms with van der Waals surface area (Å²) in [5, 5.41) is 12.5. The van der Waals surface area contributed by atoms with Gasteiger partial charge in [-0.25, -0.2) is 0 Å². The second-order valence-corrected chi connectivity index (χ2v) is 12.9. The van der Waals surface area contributed by atoms with Gasteiger partial charge < -0.3 is 34.8 Å². The van der Waals surface area contributed by atoms with E-state index in [-0.39, 0.29) is 18.7 Å². The Hall–Kier alpha value is -4.18. The minimum absolute atomic E-state index is 0.135. The van der Waals surface area contributed by atoms with Crippen LogP contribution in [0.4, 0.5) is 11.5 Å². The van der Waals surface area contributed by atoms with E-state index in [2.05, 4.69) is 52.1 Å². The number of ether oxygens (including phenoxy) is 2. The Labute approximate surface area is 280 Å². The zero-order valence-electron chi connectivity index (χ0n) is 26.9. The van der Waals surface area contributed by atoms with E-state index in [1.807, 2.05) is 12.1 Å². The normalized spacial score (nSPS) is 20.5. The molecule has 47 heavy (non-hydrogen) atoms. The summed E-state index contributed by atoms with van der Waals surface area (Å²) < 4.78 is 11.0. The van der Waals surface area contributed by atoms with Crippen molar-refractivity contribution >= 4 is 45.8 Å². The van der Waals surface area contributed by atoms with Crippen molar-refractivity contribution in [3.8, 4) is 12.1 Å². The zero-order chi connectivity index (χ0) is 33.1. The van der Waals surface area contributed by atoms with Crippen molar-refractivity contribution in [2.24, 2.45) is 5.73 Å². The largest absolute Gasteiger partial charge is 0.468 e. The predicted octanol–water partition coefficient (Wildman–Crippen LogP) is 3.14. The number of methoxy groups -OCH3 is 1. The Kier molecular flexibility index (Phi) is 9.96. The van der Waals surface area contributed by atoms with Gasteiger partial charge in [0, 0.05) is 48.9 Å². The van der Waals surface area contributed by atoms with E-state index in [0.717, 1.165) is 59.5 Å². The van der Waals surface area contributed by atoms with Gasteiger partial charge in [-0.1, -0.05) is 35.9 Å². The molecule has 1 aromatic heterocycles. The molecular weight excluding hydrogens is 620 g/mol. The molecule has 248 valence electrons. The lowest BCUT2D eigenvalue weighted by molar-refractivity contribution is -0.146. The highest BCUT2D eigenvalue weighted by molar-refractivity contribution is 6.36. The first-order chi connectivity index (χ1) is 22.8. The van der Waals surface area contributed by atoms with Crippen molar-refractivity contribution < 1.29 is 19.1 Å². The summed E-state index contributed by atoms with van der Waals surface area (Å²) in [4.78, 5) is 43.4. The number of amides is 1. The number of likely N-dealkylation sites (tertiary alicyclic amines) is 1. The number of nitrogens with zero attached hydrogens (tertiary/aromatic N) is 7. The van der Waals surface area contributed by atoms with Gasteiger partial charge in [-0.15, -0.1) is 0 Å². The van der Waals surface area contributed by atoms with Crippen LogP contribution in [0.1, 0.15) is 36.9 Å². The van der Waals surface area contributed by atoms with Gasteiger partial charge in [-0.3, -0.25) is 9.59 Å². The summed E-state index contributed by atoms with van der Waals surface area (Å²) in [7, 11) is 3.36. The van der Waals surface area contributed by atoms with E-state index >= 15 is 0 Å². The molecule has 2 saturated heterocycles. The van der Waals surface area contributed by atoms with E-state index in [0.29, 0.717) is 56.3 Å². The summed E-state index contributed by atoms with van der Waals surface area (Å²) in [6, 6.07) is 13.6. The SMILES string of the molecule is COC(=O)[C@H](N)CC(=O)N1CCN(c2nc(OC[C@@H]3CCCN3C)nc3c2CCN(c2cccc4cccc(Cl)c24)C3)C[C@@H]1CC#N. The highest BCUT2D eigenvalue weighted by Crippen LogP contribution is 2.37. The Morgan fingerprint density at radius 2 is 1.91 bits per heavy atom. The minimum atomic E-state index is -1.06. The molecule has 6 rings (SSSR count). The number of piperazine rings is 1. The highest BCUT2D eigenvalue weighted by Gasteiger charge is 2.35. The Balaban J connectivity index is 1.29. The Morgan fingerprint density at radius 1 is 1.11 bits per heavy atom. The topological polar surface area (TPSA) is 141 Å². The maximum Gasteiger partial charge on any atom is 0.323 e. The molecule has 0 spiro atoms. The quantitative estimate of drug-likeness (QED) is 0.339. The van der Waals surface area contributed by atoms with Gasteiger partial charge in [0.2, 0.25) is 5.91 Å². The monoisotopic (exact) mass is 660 g/mol. The van der Waals surface area contributed by atoms with Crippen LogP contribution in [0, 0.1) is 11.3 Å². The molecule has 0 aliphatic carbocycles. The fourth-order valence-corrected chi connectivity index (χ4v) is 7.30. The average Bonchev–Trinajstić information content (AvgIpc) is 3.50. The molecule has 4 heterocycles. The maximum atomic E-state index is 13.2. The van der Waals surface area contributed by atoms with Crippen LogP contribution in [0.2, 0.25) is 5.02 Å². The Bertz CT molecular complexity index is 1680. The Morgan fingerprint density at radius 3 is 2.66 bits per heavy atom. The number of fused-ring (bicyclic) bond motifs is 2. The van der Waals surface area contributed by atoms with Crippen LogP contribution >= 0.6 is 11.6 Å². The summed E-state index contributed by atoms with van der Waals surface area (Å²) >= 11 is 6.71. The zero-order valence-corrected chi connectivity index (χ0v) is 27.7. The average molecular weight is 661 g/mol. The molecule has 3 aliphatic rings. The van der Waals surface area contributed by atoms with E-state index in [1.165, 1.54) is 7.11 Å². The first-order valence-electron chi connectivity index (χ1n) is 16.2. The number of rotatable bonds is 9. The molecule has 12 nitrogen and oxygen atoms in total. The molecule has 2 fully saturated rings. The van der Waals surface area contributed by atoms with Gasteiger partial charge in [-0.2, -0.15) is 15.2 Å². The number of aromatic nitrogens is 2. The molecule has 0 unspecified atom stereocenters. The van der Waals surface area contributed by atoms with Gasteiger partial charge in [0.1, 0.15) is 18.5 Å². The third-order valence-electron chi connectivity index (χ3n) is 9.60. The number of carbonyl (C=O) groups excluding carboxylic acids is 2. The van der Waals surface area contributed by atoms with Gasteiger partial charge in [0.05, 0.1) is 49.3 Å². The number of anilines is 2. The van der Waals surface area contributed by atoms with Gasteiger partial charge >= 0.3 is 12.0 Å². The fourth-order valence-electron chi connectivity index (χ4n) is 7.02. The van der Waals surface area contributed by atoms with E-state index in [9.17, 15) is 14.9 Å². The number of hydrogen-bond acceptors (Lipinski definition) is 11. The number of likely N-dealkylation sites (N-methyl/N-ethyl adjacent to an activating group) is 1. The highest BCUT2D eigenvalue weighted by atomic mass is 35.5. The lowest BCUT2D eigenvalue weighted by Crippen LogP contribution is -2.56. The van der Waals surface area contributed by atoms with Crippen molar-refractivity contribution in [1.82, 2.24) is 19.8 Å². The van der Waals surface area contributed by atoms with E-state index in [4.69, 9.17) is 36.8 Å². The molecule has 0 bridgehead atoms. The molecule has 3 atom stereocenters. The van der Waals surface area contributed by atoms with Crippen LogP contribution in [-0.4, -0.2) is 103 Å². The van der Waals surface area contributed by atoms with Crippen LogP contribution in [-0.2, 0) is 27.3 Å². The number of nitriles is 1. The van der Waals surface area contributed by atoms with E-state index < -0.39 is 18.1 Å². The molecule has 0 radical (unpaired) electrons. The number of benzene rings is 2. The second-order valence-electron chi connectivity index (χ2n) is 12.5. The van der Waals surface area contributed by atoms with Crippen molar-refractivity contribution in [3.63, 3.8) is 0 Å². The van der Waals surface area contributed by atoms with Crippen LogP contribution in [0.5, 0.6) is 6.01 Å². The lowest BCUT2D eigenvalue weighted by Gasteiger charge is -2.42. The van der Waals surface area contributed by atoms with Crippen molar-refractivity contribution in [2.45, 2.75) is 56.8 Å². The summed E-state index contributed by atoms with van der Waals surface area (Å²) in [6.07, 6.45) is 2.86. The number of hydrogen-bond donors (Lipinski definition) is 1. The molecule has 3 aromatic rings. The van der Waals surface area contributed by atoms with Crippen LogP contribution in [0.3, 0.4) is 0 Å². The molecule has 2 aromatic carbocycles. The van der Waals surface area contributed by atoms with Gasteiger partial charge in [0.25, 0.3) is 0 Å². The molecular formula is C34H41ClN8O4. The van der Waals surface area contributed by atoms with Crippen LogP contribution in [0.25, 0.3) is 10.8 Å². The lowest BCUT2D eigenvalue weighted by atomic mass is 10.0. The standard InChI is InChI=1S/C34H41ClN8O4/c1-40-14-5-8-24(40)21-47-34-38-28-20-41(29-10-4-7-22-6-3-9-26(35)31(22)29)15-12-25(28)32(39-34)42-16-17-43(23(19-42)11-13-36)30(44)18-27(37)33(45)46-2/h3-4,6-7,9-10,23-24,27H,5,8,11-12,14-21,37H2,1-2H3/t23-,24-,27+/m0/s1. The molecule has 3 aliphatic heterocycles. The first kappa shape index (κ1) is 32.7. The predicted molar refractivity (Wildman–Crippen MR) is 179 cm³/mol. The fraction of sp³-hybridized carbons (Fsp3) is 0.500. The number of nitrogens with two attached hydrogens (primary N) is 1. The van der Waals surface area contributed by atoms with E-state index in [1.54, 1.807) is 4.90 Å². The third kappa shape index (κ3) is 6.93. The number of carbonyl (C=O) groups is 2.